The molecule has 0 aliphatic carbocycles. The number of carbonyl (C=O) groups excluding carboxylic acids is 1. The molecular formula is C20H27N5O2. The molecule has 1 aromatic carbocycles. The van der Waals surface area contributed by atoms with Gasteiger partial charge in [0.05, 0.1) is 13.2 Å². The van der Waals surface area contributed by atoms with Crippen LogP contribution in [-0.4, -0.2) is 66.7 Å². The number of ether oxygens (including phenoxy) is 1. The van der Waals surface area contributed by atoms with Gasteiger partial charge in [-0.3, -0.25) is 9.69 Å². The number of amides is 1. The van der Waals surface area contributed by atoms with Gasteiger partial charge in [0, 0.05) is 38.9 Å². The average molecular weight is 369 g/mol. The molecule has 0 saturated carbocycles. The van der Waals surface area contributed by atoms with Gasteiger partial charge < -0.3 is 15.4 Å². The van der Waals surface area contributed by atoms with Crippen LogP contribution in [-0.2, 0) is 11.2 Å². The molecule has 0 bridgehead atoms. The molecule has 1 aliphatic heterocycles. The third-order valence-electron chi connectivity index (χ3n) is 4.47. The lowest BCUT2D eigenvalue weighted by Gasteiger charge is -2.26. The van der Waals surface area contributed by atoms with Crippen molar-refractivity contribution in [2.45, 2.75) is 12.8 Å². The molecule has 2 heterocycles. The molecule has 1 saturated heterocycles. The number of nitrogens with one attached hydrogen (secondary N) is 2. The highest BCUT2D eigenvalue weighted by molar-refractivity contribution is 5.92. The van der Waals surface area contributed by atoms with Crippen LogP contribution in [0.1, 0.15) is 22.5 Å². The topological polar surface area (TPSA) is 79.4 Å². The standard InChI is InChI=1S/C20H27N5O2/c26-19(21-11-12-25-13-15-27-16-14-25)18-8-10-23-20(24-18)22-9-4-7-17-5-2-1-3-6-17/h1-3,5-6,8,10H,4,7,9,11-16H2,(H,21,26)(H,22,23,24). The molecule has 1 aliphatic rings. The first-order chi connectivity index (χ1) is 13.3. The first kappa shape index (κ1) is 19.3. The average Bonchev–Trinajstić information content (AvgIpc) is 2.73. The van der Waals surface area contributed by atoms with E-state index in [0.717, 1.165) is 52.2 Å². The maximum atomic E-state index is 12.3. The van der Waals surface area contributed by atoms with Crippen LogP contribution in [0.25, 0.3) is 0 Å². The molecule has 0 unspecified atom stereocenters. The van der Waals surface area contributed by atoms with Crippen molar-refractivity contribution in [3.63, 3.8) is 0 Å². The van der Waals surface area contributed by atoms with E-state index >= 15 is 0 Å². The molecule has 7 heteroatoms. The van der Waals surface area contributed by atoms with Crippen molar-refractivity contribution in [2.24, 2.45) is 0 Å². The van der Waals surface area contributed by atoms with E-state index in [1.54, 1.807) is 12.3 Å². The molecule has 1 fully saturated rings. The molecule has 0 spiro atoms. The van der Waals surface area contributed by atoms with Gasteiger partial charge in [-0.05, 0) is 24.5 Å². The largest absolute Gasteiger partial charge is 0.379 e. The van der Waals surface area contributed by atoms with E-state index in [1.165, 1.54) is 5.56 Å². The Kier molecular flexibility index (Phi) is 7.56. The molecule has 3 rings (SSSR count). The Balaban J connectivity index is 1.38. The summed E-state index contributed by atoms with van der Waals surface area (Å²) in [5.74, 6) is 0.321. The number of aromatic nitrogens is 2. The van der Waals surface area contributed by atoms with Gasteiger partial charge in [-0.25, -0.2) is 9.97 Å². The molecule has 1 amide bonds. The number of rotatable bonds is 9. The molecule has 0 radical (unpaired) electrons. The van der Waals surface area contributed by atoms with Crippen molar-refractivity contribution in [2.75, 3.05) is 51.3 Å². The van der Waals surface area contributed by atoms with Crippen LogP contribution in [0, 0.1) is 0 Å². The smallest absolute Gasteiger partial charge is 0.270 e. The molecule has 0 atom stereocenters. The van der Waals surface area contributed by atoms with Crippen molar-refractivity contribution in [3.8, 4) is 0 Å². The molecule has 2 aromatic rings. The van der Waals surface area contributed by atoms with Crippen LogP contribution in [0.15, 0.2) is 42.6 Å². The van der Waals surface area contributed by atoms with E-state index in [-0.39, 0.29) is 5.91 Å². The van der Waals surface area contributed by atoms with Crippen LogP contribution in [0.5, 0.6) is 0 Å². The third-order valence-corrected chi connectivity index (χ3v) is 4.47. The van der Waals surface area contributed by atoms with E-state index in [9.17, 15) is 4.79 Å². The molecule has 1 aromatic heterocycles. The number of benzene rings is 1. The monoisotopic (exact) mass is 369 g/mol. The summed E-state index contributed by atoms with van der Waals surface area (Å²) in [4.78, 5) is 23.1. The highest BCUT2D eigenvalue weighted by atomic mass is 16.5. The van der Waals surface area contributed by atoms with Gasteiger partial charge in [0.25, 0.3) is 5.91 Å². The minimum absolute atomic E-state index is 0.169. The van der Waals surface area contributed by atoms with E-state index in [4.69, 9.17) is 4.74 Å². The zero-order chi connectivity index (χ0) is 18.7. The molecule has 7 nitrogen and oxygen atoms in total. The summed E-state index contributed by atoms with van der Waals surface area (Å²) in [6.07, 6.45) is 3.59. The highest BCUT2D eigenvalue weighted by Gasteiger charge is 2.12. The number of aryl methyl sites for hydroxylation is 1. The number of nitrogens with zero attached hydrogens (tertiary/aromatic N) is 3. The summed E-state index contributed by atoms with van der Waals surface area (Å²) in [5, 5.41) is 6.12. The second kappa shape index (κ2) is 10.6. The van der Waals surface area contributed by atoms with Gasteiger partial charge >= 0.3 is 0 Å². The van der Waals surface area contributed by atoms with Gasteiger partial charge in [0.15, 0.2) is 0 Å². The third kappa shape index (κ3) is 6.62. The maximum Gasteiger partial charge on any atom is 0.270 e. The molecule has 144 valence electrons. The lowest BCUT2D eigenvalue weighted by molar-refractivity contribution is 0.0383. The normalized spacial score (nSPS) is 14.7. The number of hydrogen-bond donors (Lipinski definition) is 2. The van der Waals surface area contributed by atoms with Crippen molar-refractivity contribution in [3.05, 3.63) is 53.9 Å². The van der Waals surface area contributed by atoms with Gasteiger partial charge in [-0.1, -0.05) is 30.3 Å². The quantitative estimate of drug-likeness (QED) is 0.654. The van der Waals surface area contributed by atoms with E-state index in [0.29, 0.717) is 18.2 Å². The Bertz CT molecular complexity index is 705. The lowest BCUT2D eigenvalue weighted by Crippen LogP contribution is -2.41. The zero-order valence-corrected chi connectivity index (χ0v) is 15.6. The summed E-state index contributed by atoms with van der Waals surface area (Å²) in [5.41, 5.74) is 1.70. The van der Waals surface area contributed by atoms with Crippen molar-refractivity contribution >= 4 is 11.9 Å². The van der Waals surface area contributed by atoms with Gasteiger partial charge in [-0.15, -0.1) is 0 Å². The van der Waals surface area contributed by atoms with Crippen molar-refractivity contribution < 1.29 is 9.53 Å². The van der Waals surface area contributed by atoms with Gasteiger partial charge in [0.2, 0.25) is 5.95 Å². The number of anilines is 1. The summed E-state index contributed by atoms with van der Waals surface area (Å²) < 4.78 is 5.32. The number of hydrogen-bond acceptors (Lipinski definition) is 6. The van der Waals surface area contributed by atoms with Gasteiger partial charge in [0.1, 0.15) is 5.69 Å². The summed E-state index contributed by atoms with van der Waals surface area (Å²) in [6, 6.07) is 12.0. The fraction of sp³-hybridized carbons (Fsp3) is 0.450. The van der Waals surface area contributed by atoms with Gasteiger partial charge in [-0.2, -0.15) is 0 Å². The van der Waals surface area contributed by atoms with Crippen LogP contribution in [0.2, 0.25) is 0 Å². The minimum atomic E-state index is -0.169. The first-order valence-corrected chi connectivity index (χ1v) is 9.50. The second-order valence-electron chi connectivity index (χ2n) is 6.49. The first-order valence-electron chi connectivity index (χ1n) is 9.50. The summed E-state index contributed by atoms with van der Waals surface area (Å²) in [6.45, 7) is 5.55. The Hall–Kier alpha value is -2.51. The Labute approximate surface area is 160 Å². The van der Waals surface area contributed by atoms with Crippen molar-refractivity contribution in [1.82, 2.24) is 20.2 Å². The van der Waals surface area contributed by atoms with E-state index < -0.39 is 0 Å². The zero-order valence-electron chi connectivity index (χ0n) is 15.6. The SMILES string of the molecule is O=C(NCCN1CCOCC1)c1ccnc(NCCCc2ccccc2)n1. The Morgan fingerprint density at radius 3 is 2.74 bits per heavy atom. The molecule has 27 heavy (non-hydrogen) atoms. The fourth-order valence-electron chi connectivity index (χ4n) is 2.95. The number of carbonyl (C=O) groups is 1. The highest BCUT2D eigenvalue weighted by Crippen LogP contribution is 2.04. The molecular weight excluding hydrogens is 342 g/mol. The fourth-order valence-corrected chi connectivity index (χ4v) is 2.95. The molecule has 2 N–H and O–H groups in total. The second-order valence-corrected chi connectivity index (χ2v) is 6.49. The van der Waals surface area contributed by atoms with E-state index in [1.807, 2.05) is 18.2 Å². The Morgan fingerprint density at radius 1 is 1.11 bits per heavy atom. The minimum Gasteiger partial charge on any atom is -0.379 e. The summed E-state index contributed by atoms with van der Waals surface area (Å²) >= 11 is 0. The Morgan fingerprint density at radius 2 is 1.93 bits per heavy atom. The maximum absolute atomic E-state index is 12.3. The van der Waals surface area contributed by atoms with Crippen molar-refractivity contribution in [1.29, 1.82) is 0 Å². The number of morpholine rings is 1. The van der Waals surface area contributed by atoms with E-state index in [2.05, 4.69) is 37.6 Å². The van der Waals surface area contributed by atoms with Crippen LogP contribution in [0.4, 0.5) is 5.95 Å². The lowest BCUT2D eigenvalue weighted by atomic mass is 10.1. The van der Waals surface area contributed by atoms with Crippen LogP contribution < -0.4 is 10.6 Å². The van der Waals surface area contributed by atoms with Crippen LogP contribution in [0.3, 0.4) is 0 Å². The van der Waals surface area contributed by atoms with Crippen LogP contribution >= 0.6 is 0 Å². The predicted molar refractivity (Wildman–Crippen MR) is 105 cm³/mol. The predicted octanol–water partition coefficient (Wildman–Crippen LogP) is 1.58. The summed E-state index contributed by atoms with van der Waals surface area (Å²) in [7, 11) is 0.